The summed E-state index contributed by atoms with van der Waals surface area (Å²) >= 11 is 6.06. The monoisotopic (exact) mass is 387 g/mol. The third kappa shape index (κ3) is 5.47. The number of nitrogens with one attached hydrogen (secondary N) is 1. The molecule has 0 unspecified atom stereocenters. The van der Waals surface area contributed by atoms with E-state index in [0.29, 0.717) is 36.8 Å². The molecule has 144 valence electrons. The quantitative estimate of drug-likeness (QED) is 0.684. The lowest BCUT2D eigenvalue weighted by Gasteiger charge is -2.38. The molecule has 1 heterocycles. The fourth-order valence-electron chi connectivity index (χ4n) is 3.45. The zero-order chi connectivity index (χ0) is 19.0. The first kappa shape index (κ1) is 19.7. The lowest BCUT2D eigenvalue weighted by Crippen LogP contribution is -2.44. The van der Waals surface area contributed by atoms with E-state index >= 15 is 0 Å². The van der Waals surface area contributed by atoms with Gasteiger partial charge in [-0.1, -0.05) is 54.1 Å². The van der Waals surface area contributed by atoms with E-state index in [0.717, 1.165) is 26.1 Å². The first-order valence-electron chi connectivity index (χ1n) is 9.47. The van der Waals surface area contributed by atoms with E-state index in [9.17, 15) is 4.79 Å². The van der Waals surface area contributed by atoms with E-state index in [2.05, 4.69) is 29.6 Å². The van der Waals surface area contributed by atoms with E-state index in [1.54, 1.807) is 6.07 Å². The molecule has 0 radical (unpaired) electrons. The van der Waals surface area contributed by atoms with Gasteiger partial charge in [0.2, 0.25) is 5.91 Å². The lowest BCUT2D eigenvalue weighted by atomic mass is 9.74. The molecule has 27 heavy (non-hydrogen) atoms. The number of para-hydroxylation sites is 1. The molecule has 3 rings (SSSR count). The predicted molar refractivity (Wildman–Crippen MR) is 107 cm³/mol. The van der Waals surface area contributed by atoms with Gasteiger partial charge in [0.15, 0.2) is 0 Å². The van der Waals surface area contributed by atoms with Crippen LogP contribution in [-0.2, 0) is 14.9 Å². The molecule has 2 aromatic rings. The number of hydrogen-bond donors (Lipinski definition) is 1. The maximum Gasteiger partial charge on any atom is 0.220 e. The van der Waals surface area contributed by atoms with Crippen LogP contribution in [0, 0.1) is 0 Å². The number of carbonyl (C=O) groups is 1. The second-order valence-electron chi connectivity index (χ2n) is 6.92. The normalized spacial score (nSPS) is 15.9. The highest BCUT2D eigenvalue weighted by Gasteiger charge is 2.34. The van der Waals surface area contributed by atoms with E-state index in [1.165, 1.54) is 5.56 Å². The minimum absolute atomic E-state index is 0.0385. The third-order valence-electron chi connectivity index (χ3n) is 5.10. The lowest BCUT2D eigenvalue weighted by molar-refractivity contribution is -0.121. The molecule has 0 bridgehead atoms. The van der Waals surface area contributed by atoms with Gasteiger partial charge in [0.05, 0.1) is 11.6 Å². The van der Waals surface area contributed by atoms with Gasteiger partial charge in [-0.05, 0) is 37.0 Å². The van der Waals surface area contributed by atoms with Gasteiger partial charge in [0, 0.05) is 31.6 Å². The van der Waals surface area contributed by atoms with Crippen molar-refractivity contribution in [1.29, 1.82) is 0 Å². The number of benzene rings is 2. The van der Waals surface area contributed by atoms with Crippen LogP contribution in [0.4, 0.5) is 0 Å². The Morgan fingerprint density at radius 3 is 2.52 bits per heavy atom. The van der Waals surface area contributed by atoms with Crippen molar-refractivity contribution in [3.8, 4) is 5.75 Å². The summed E-state index contributed by atoms with van der Waals surface area (Å²) in [6.07, 6.45) is 2.93. The summed E-state index contributed by atoms with van der Waals surface area (Å²) in [7, 11) is 0. The molecule has 4 nitrogen and oxygen atoms in total. The van der Waals surface area contributed by atoms with Crippen molar-refractivity contribution in [3.05, 3.63) is 65.2 Å². The molecule has 1 fully saturated rings. The fourth-order valence-corrected chi connectivity index (χ4v) is 3.64. The number of ether oxygens (including phenoxy) is 2. The topological polar surface area (TPSA) is 47.6 Å². The Kier molecular flexibility index (Phi) is 7.13. The average molecular weight is 388 g/mol. The molecule has 0 atom stereocenters. The standard InChI is InChI=1S/C22H26ClNO3/c23-19-9-4-5-10-20(19)27-14-6-11-21(25)24-17-22(12-15-26-16-13-22)18-7-2-1-3-8-18/h1-5,7-10H,6,11-17H2,(H,24,25). The van der Waals surface area contributed by atoms with Gasteiger partial charge < -0.3 is 14.8 Å². The molecule has 0 aromatic heterocycles. The molecular formula is C22H26ClNO3. The predicted octanol–water partition coefficient (Wildman–Crippen LogP) is 4.36. The van der Waals surface area contributed by atoms with Gasteiger partial charge in [0.25, 0.3) is 0 Å². The van der Waals surface area contributed by atoms with Crippen molar-refractivity contribution in [1.82, 2.24) is 5.32 Å². The molecule has 1 aliphatic rings. The Labute approximate surface area is 165 Å². The second kappa shape index (κ2) is 9.77. The zero-order valence-electron chi connectivity index (χ0n) is 15.5. The minimum Gasteiger partial charge on any atom is -0.492 e. The molecule has 1 amide bonds. The van der Waals surface area contributed by atoms with E-state index in [4.69, 9.17) is 21.1 Å². The molecule has 1 aliphatic heterocycles. The zero-order valence-corrected chi connectivity index (χ0v) is 16.2. The van der Waals surface area contributed by atoms with E-state index in [-0.39, 0.29) is 11.3 Å². The highest BCUT2D eigenvalue weighted by molar-refractivity contribution is 6.32. The van der Waals surface area contributed by atoms with Gasteiger partial charge in [-0.2, -0.15) is 0 Å². The van der Waals surface area contributed by atoms with Crippen LogP contribution in [0.25, 0.3) is 0 Å². The summed E-state index contributed by atoms with van der Waals surface area (Å²) in [6, 6.07) is 17.8. The van der Waals surface area contributed by atoms with Crippen LogP contribution in [0.3, 0.4) is 0 Å². The summed E-state index contributed by atoms with van der Waals surface area (Å²) in [4.78, 5) is 12.3. The Bertz CT molecular complexity index is 729. The summed E-state index contributed by atoms with van der Waals surface area (Å²) in [6.45, 7) is 2.58. The van der Waals surface area contributed by atoms with Gasteiger partial charge in [-0.3, -0.25) is 4.79 Å². The van der Waals surface area contributed by atoms with Crippen LogP contribution >= 0.6 is 11.6 Å². The number of carbonyl (C=O) groups excluding carboxylic acids is 1. The Morgan fingerprint density at radius 2 is 1.78 bits per heavy atom. The van der Waals surface area contributed by atoms with Crippen LogP contribution in [0.15, 0.2) is 54.6 Å². The third-order valence-corrected chi connectivity index (χ3v) is 5.41. The number of rotatable bonds is 8. The van der Waals surface area contributed by atoms with Crippen LogP contribution in [-0.4, -0.2) is 32.3 Å². The van der Waals surface area contributed by atoms with E-state index in [1.807, 2.05) is 24.3 Å². The van der Waals surface area contributed by atoms with Gasteiger partial charge in [-0.25, -0.2) is 0 Å². The van der Waals surface area contributed by atoms with Crippen molar-refractivity contribution < 1.29 is 14.3 Å². The first-order valence-corrected chi connectivity index (χ1v) is 9.85. The molecule has 5 heteroatoms. The van der Waals surface area contributed by atoms with Gasteiger partial charge in [0.1, 0.15) is 5.75 Å². The summed E-state index contributed by atoms with van der Waals surface area (Å²) in [5, 5.41) is 3.71. The van der Waals surface area contributed by atoms with E-state index < -0.39 is 0 Å². The Hall–Kier alpha value is -2.04. The summed E-state index contributed by atoms with van der Waals surface area (Å²) < 4.78 is 11.2. The average Bonchev–Trinajstić information content (AvgIpc) is 2.72. The van der Waals surface area contributed by atoms with Crippen molar-refractivity contribution in [3.63, 3.8) is 0 Å². The highest BCUT2D eigenvalue weighted by Crippen LogP contribution is 2.34. The van der Waals surface area contributed by atoms with Gasteiger partial charge >= 0.3 is 0 Å². The molecule has 0 spiro atoms. The second-order valence-corrected chi connectivity index (χ2v) is 7.33. The summed E-state index contributed by atoms with van der Waals surface area (Å²) in [5.41, 5.74) is 1.24. The van der Waals surface area contributed by atoms with Gasteiger partial charge in [-0.15, -0.1) is 0 Å². The number of hydrogen-bond acceptors (Lipinski definition) is 3. The molecule has 2 aromatic carbocycles. The fraction of sp³-hybridized carbons (Fsp3) is 0.409. The molecule has 1 N–H and O–H groups in total. The number of halogens is 1. The van der Waals surface area contributed by atoms with Crippen molar-refractivity contribution >= 4 is 17.5 Å². The Morgan fingerprint density at radius 1 is 1.07 bits per heavy atom. The smallest absolute Gasteiger partial charge is 0.220 e. The largest absolute Gasteiger partial charge is 0.492 e. The van der Waals surface area contributed by atoms with Crippen LogP contribution in [0.5, 0.6) is 5.75 Å². The molecule has 0 aliphatic carbocycles. The highest BCUT2D eigenvalue weighted by atomic mass is 35.5. The van der Waals surface area contributed by atoms with Crippen LogP contribution in [0.1, 0.15) is 31.2 Å². The Balaban J connectivity index is 1.46. The SMILES string of the molecule is O=C(CCCOc1ccccc1Cl)NCC1(c2ccccc2)CCOCC1. The maximum absolute atomic E-state index is 12.3. The summed E-state index contributed by atoms with van der Waals surface area (Å²) in [5.74, 6) is 0.712. The van der Waals surface area contributed by atoms with Crippen LogP contribution in [0.2, 0.25) is 5.02 Å². The minimum atomic E-state index is -0.0385. The molecule has 0 saturated carbocycles. The van der Waals surface area contributed by atoms with Crippen LogP contribution < -0.4 is 10.1 Å². The van der Waals surface area contributed by atoms with Crippen molar-refractivity contribution in [2.45, 2.75) is 31.1 Å². The first-order chi connectivity index (χ1) is 13.2. The molecular weight excluding hydrogens is 362 g/mol. The maximum atomic E-state index is 12.3. The van der Waals surface area contributed by atoms with Crippen molar-refractivity contribution in [2.75, 3.05) is 26.4 Å². The van der Waals surface area contributed by atoms with Crippen molar-refractivity contribution in [2.24, 2.45) is 0 Å². The number of amides is 1. The molecule has 1 saturated heterocycles.